The van der Waals surface area contributed by atoms with E-state index < -0.39 is 0 Å². The van der Waals surface area contributed by atoms with Gasteiger partial charge in [-0.25, -0.2) is 0 Å². The molecule has 0 aromatic heterocycles. The standard InChI is InChI=1S/C30H26N2/c1-21(2)25-12-6-7-13-26(25)23-17-16-22-18-19-30-31(24-10-4-3-5-11-24)27-14-8-9-15-28(27)32(30)29(22)20-23/h3-21,30H,1-2H3. The number of benzene rings is 4. The van der Waals surface area contributed by atoms with Crippen LogP contribution in [0.15, 0.2) is 103 Å². The summed E-state index contributed by atoms with van der Waals surface area (Å²) in [6.07, 6.45) is 4.71. The third-order valence-electron chi connectivity index (χ3n) is 6.60. The molecule has 2 heterocycles. The van der Waals surface area contributed by atoms with Gasteiger partial charge in [0.2, 0.25) is 0 Å². The van der Waals surface area contributed by atoms with Gasteiger partial charge in [0.15, 0.2) is 0 Å². The first-order valence-corrected chi connectivity index (χ1v) is 11.4. The van der Waals surface area contributed by atoms with Crippen LogP contribution in [0.1, 0.15) is 30.9 Å². The summed E-state index contributed by atoms with van der Waals surface area (Å²) in [5, 5.41) is 0. The van der Waals surface area contributed by atoms with Crippen LogP contribution in [0.25, 0.3) is 17.2 Å². The van der Waals surface area contributed by atoms with Crippen molar-refractivity contribution in [3.8, 4) is 11.1 Å². The Labute approximate surface area is 190 Å². The van der Waals surface area contributed by atoms with Crippen LogP contribution in [-0.2, 0) is 0 Å². The number of rotatable bonds is 3. The van der Waals surface area contributed by atoms with Crippen LogP contribution in [0.2, 0.25) is 0 Å². The highest BCUT2D eigenvalue weighted by molar-refractivity contribution is 5.94. The van der Waals surface area contributed by atoms with Crippen LogP contribution >= 0.6 is 0 Å². The van der Waals surface area contributed by atoms with Crippen molar-refractivity contribution in [2.75, 3.05) is 9.80 Å². The maximum Gasteiger partial charge on any atom is 0.130 e. The topological polar surface area (TPSA) is 6.48 Å². The first-order valence-electron chi connectivity index (χ1n) is 11.4. The van der Waals surface area contributed by atoms with Gasteiger partial charge in [0, 0.05) is 5.69 Å². The zero-order valence-electron chi connectivity index (χ0n) is 18.4. The van der Waals surface area contributed by atoms with Crippen molar-refractivity contribution >= 4 is 28.8 Å². The summed E-state index contributed by atoms with van der Waals surface area (Å²) in [6.45, 7) is 4.54. The lowest BCUT2D eigenvalue weighted by Crippen LogP contribution is -2.38. The number of para-hydroxylation sites is 3. The van der Waals surface area contributed by atoms with E-state index >= 15 is 0 Å². The lowest BCUT2D eigenvalue weighted by atomic mass is 9.91. The lowest BCUT2D eigenvalue weighted by molar-refractivity contribution is 0.829. The molecule has 0 aliphatic carbocycles. The van der Waals surface area contributed by atoms with Crippen LogP contribution < -0.4 is 9.80 Å². The van der Waals surface area contributed by atoms with E-state index in [9.17, 15) is 0 Å². The molecule has 2 aliphatic rings. The van der Waals surface area contributed by atoms with Gasteiger partial charge in [-0.3, -0.25) is 0 Å². The normalized spacial score (nSPS) is 16.2. The Bertz CT molecular complexity index is 1320. The number of hydrogen-bond acceptors (Lipinski definition) is 2. The molecular weight excluding hydrogens is 388 g/mol. The smallest absolute Gasteiger partial charge is 0.130 e. The van der Waals surface area contributed by atoms with E-state index in [0.717, 1.165) is 0 Å². The molecule has 0 radical (unpaired) electrons. The van der Waals surface area contributed by atoms with Crippen molar-refractivity contribution in [3.05, 3.63) is 114 Å². The zero-order valence-corrected chi connectivity index (χ0v) is 18.4. The average Bonchev–Trinajstić information content (AvgIpc) is 3.19. The Morgan fingerprint density at radius 1 is 0.656 bits per heavy atom. The highest BCUT2D eigenvalue weighted by Crippen LogP contribution is 2.51. The zero-order chi connectivity index (χ0) is 21.7. The second-order valence-electron chi connectivity index (χ2n) is 8.85. The number of hydrogen-bond donors (Lipinski definition) is 0. The Balaban J connectivity index is 1.52. The van der Waals surface area contributed by atoms with Crippen LogP contribution in [0, 0.1) is 0 Å². The third kappa shape index (κ3) is 2.87. The Morgan fingerprint density at radius 2 is 1.34 bits per heavy atom. The van der Waals surface area contributed by atoms with Crippen LogP contribution in [0.3, 0.4) is 0 Å². The van der Waals surface area contributed by atoms with Crippen molar-refractivity contribution in [3.63, 3.8) is 0 Å². The summed E-state index contributed by atoms with van der Waals surface area (Å²) in [5.41, 5.74) is 10.2. The predicted molar refractivity (Wildman–Crippen MR) is 136 cm³/mol. The summed E-state index contributed by atoms with van der Waals surface area (Å²) < 4.78 is 0. The van der Waals surface area contributed by atoms with Gasteiger partial charge in [-0.2, -0.15) is 0 Å². The quantitative estimate of drug-likeness (QED) is 0.334. The molecule has 156 valence electrons. The van der Waals surface area contributed by atoms with Crippen LogP contribution in [-0.4, -0.2) is 6.17 Å². The second kappa shape index (κ2) is 7.42. The summed E-state index contributed by atoms with van der Waals surface area (Å²) >= 11 is 0. The monoisotopic (exact) mass is 414 g/mol. The lowest BCUT2D eigenvalue weighted by Gasteiger charge is -2.34. The molecule has 4 aromatic rings. The summed E-state index contributed by atoms with van der Waals surface area (Å²) in [6, 6.07) is 35.1. The maximum atomic E-state index is 2.49. The molecule has 0 spiro atoms. The molecule has 0 saturated carbocycles. The van der Waals surface area contributed by atoms with E-state index in [1.165, 1.54) is 45.0 Å². The number of fused-ring (bicyclic) bond motifs is 5. The molecule has 0 amide bonds. The van der Waals surface area contributed by atoms with E-state index in [1.807, 2.05) is 0 Å². The van der Waals surface area contributed by atoms with Crippen molar-refractivity contribution < 1.29 is 0 Å². The van der Waals surface area contributed by atoms with Crippen molar-refractivity contribution in [2.45, 2.75) is 25.9 Å². The molecule has 4 aromatic carbocycles. The minimum atomic E-state index is 0.123. The molecule has 0 saturated heterocycles. The fraction of sp³-hybridized carbons (Fsp3) is 0.133. The maximum absolute atomic E-state index is 2.49. The predicted octanol–water partition coefficient (Wildman–Crippen LogP) is 8.12. The van der Waals surface area contributed by atoms with Crippen LogP contribution in [0.5, 0.6) is 0 Å². The van der Waals surface area contributed by atoms with E-state index in [2.05, 4.69) is 133 Å². The summed E-state index contributed by atoms with van der Waals surface area (Å²) in [5.74, 6) is 0.482. The summed E-state index contributed by atoms with van der Waals surface area (Å²) in [4.78, 5) is 4.92. The van der Waals surface area contributed by atoms with E-state index in [-0.39, 0.29) is 6.17 Å². The largest absolute Gasteiger partial charge is 0.315 e. The van der Waals surface area contributed by atoms with Crippen LogP contribution in [0.4, 0.5) is 22.7 Å². The number of nitrogens with zero attached hydrogens (tertiary/aromatic N) is 2. The Hall–Kier alpha value is -3.78. The molecule has 2 aliphatic heterocycles. The van der Waals surface area contributed by atoms with E-state index in [1.54, 1.807) is 0 Å². The molecular formula is C30H26N2. The fourth-order valence-corrected chi connectivity index (χ4v) is 5.11. The van der Waals surface area contributed by atoms with Gasteiger partial charge in [-0.05, 0) is 64.6 Å². The van der Waals surface area contributed by atoms with Gasteiger partial charge in [0.25, 0.3) is 0 Å². The van der Waals surface area contributed by atoms with Crippen molar-refractivity contribution in [1.29, 1.82) is 0 Å². The second-order valence-corrected chi connectivity index (χ2v) is 8.85. The van der Waals surface area contributed by atoms with Gasteiger partial charge in [-0.1, -0.05) is 86.7 Å². The minimum absolute atomic E-state index is 0.123. The Morgan fingerprint density at radius 3 is 2.12 bits per heavy atom. The molecule has 0 N–H and O–H groups in total. The molecule has 1 unspecified atom stereocenters. The molecule has 2 nitrogen and oxygen atoms in total. The van der Waals surface area contributed by atoms with Gasteiger partial charge in [0.1, 0.15) is 6.17 Å². The van der Waals surface area contributed by atoms with Gasteiger partial charge >= 0.3 is 0 Å². The summed E-state index contributed by atoms with van der Waals surface area (Å²) in [7, 11) is 0. The van der Waals surface area contributed by atoms with Gasteiger partial charge < -0.3 is 9.80 Å². The minimum Gasteiger partial charge on any atom is -0.315 e. The highest BCUT2D eigenvalue weighted by Gasteiger charge is 2.38. The third-order valence-corrected chi connectivity index (χ3v) is 6.60. The van der Waals surface area contributed by atoms with Crippen molar-refractivity contribution in [1.82, 2.24) is 0 Å². The molecule has 6 rings (SSSR count). The fourth-order valence-electron chi connectivity index (χ4n) is 5.11. The number of anilines is 4. The molecule has 32 heavy (non-hydrogen) atoms. The average molecular weight is 415 g/mol. The first-order chi connectivity index (χ1) is 15.7. The van der Waals surface area contributed by atoms with Crippen molar-refractivity contribution in [2.24, 2.45) is 0 Å². The molecule has 0 fully saturated rings. The molecule has 2 heteroatoms. The first kappa shape index (κ1) is 18.9. The van der Waals surface area contributed by atoms with Gasteiger partial charge in [0.05, 0.1) is 17.1 Å². The molecule has 1 atom stereocenters. The SMILES string of the molecule is CC(C)c1ccccc1-c1ccc2c(c1)N1c3ccccc3N(c3ccccc3)C1C=C2. The Kier molecular flexibility index (Phi) is 4.39. The van der Waals surface area contributed by atoms with E-state index in [4.69, 9.17) is 0 Å². The van der Waals surface area contributed by atoms with Gasteiger partial charge in [-0.15, -0.1) is 0 Å². The highest BCUT2D eigenvalue weighted by atomic mass is 15.4. The molecule has 0 bridgehead atoms. The van der Waals surface area contributed by atoms with E-state index in [0.29, 0.717) is 5.92 Å².